The van der Waals surface area contributed by atoms with Gasteiger partial charge in [-0.05, 0) is 12.1 Å². The Morgan fingerprint density at radius 1 is 1.33 bits per heavy atom. The summed E-state index contributed by atoms with van der Waals surface area (Å²) < 4.78 is 50.9. The summed E-state index contributed by atoms with van der Waals surface area (Å²) in [5.74, 6) is 0.00794. The molecule has 0 fully saturated rings. The number of hydrogen-bond donors (Lipinski definition) is 3. The summed E-state index contributed by atoms with van der Waals surface area (Å²) in [7, 11) is -9.76. The topological polar surface area (TPSA) is 134 Å². The fraction of sp³-hybridized carbons (Fsp3) is 0.143. The second-order valence-electron chi connectivity index (χ2n) is 3.31. The number of hydroxylamine groups is 1. The minimum Gasteiger partial charge on any atom is -0.450 e. The maximum Gasteiger partial charge on any atom is 0.491 e. The zero-order chi connectivity index (χ0) is 13.6. The lowest BCUT2D eigenvalue weighted by molar-refractivity contribution is 0.130. The summed E-state index contributed by atoms with van der Waals surface area (Å²) in [6.45, 7) is 0. The Morgan fingerprint density at radius 3 is 2.50 bits per heavy atom. The highest BCUT2D eigenvalue weighted by Gasteiger charge is 2.43. The first-order valence-corrected chi connectivity index (χ1v) is 7.48. The van der Waals surface area contributed by atoms with Gasteiger partial charge in [0.05, 0.1) is 0 Å². The van der Waals surface area contributed by atoms with Gasteiger partial charge in [-0.2, -0.15) is 18.1 Å². The molecule has 0 bridgehead atoms. The monoisotopic (exact) mass is 297 g/mol. The number of rotatable bonds is 3. The van der Waals surface area contributed by atoms with Crippen LogP contribution in [0, 0.1) is 0 Å². The van der Waals surface area contributed by atoms with Gasteiger partial charge in [0.2, 0.25) is 0 Å². The van der Waals surface area contributed by atoms with Crippen molar-refractivity contribution < 1.29 is 36.7 Å². The van der Waals surface area contributed by atoms with E-state index in [9.17, 15) is 13.0 Å². The summed E-state index contributed by atoms with van der Waals surface area (Å²) in [4.78, 5) is 17.4. The Morgan fingerprint density at radius 2 is 1.94 bits per heavy atom. The summed E-state index contributed by atoms with van der Waals surface area (Å²) in [5, 5.41) is 0.311. The average Bonchev–Trinajstić information content (AvgIpc) is 2.55. The first kappa shape index (κ1) is 13.3. The summed E-state index contributed by atoms with van der Waals surface area (Å²) in [6, 6.07) is 5.66. The van der Waals surface area contributed by atoms with E-state index in [1.807, 2.05) is 0 Å². The fourth-order valence-corrected chi connectivity index (χ4v) is 2.48. The van der Waals surface area contributed by atoms with Gasteiger partial charge in [0.25, 0.3) is 0 Å². The van der Waals surface area contributed by atoms with Gasteiger partial charge >= 0.3 is 23.5 Å². The Kier molecular flexibility index (Phi) is 3.09. The molecule has 100 valence electrons. The molecular formula is C7H8NO8PS. The summed E-state index contributed by atoms with van der Waals surface area (Å²) in [6.07, 6.45) is 0. The average molecular weight is 297 g/mol. The van der Waals surface area contributed by atoms with Crippen molar-refractivity contribution in [1.82, 2.24) is 0 Å². The Labute approximate surface area is 101 Å². The Hall–Kier alpha value is -1.16. The van der Waals surface area contributed by atoms with Crippen LogP contribution >= 0.6 is 7.82 Å². The Balaban J connectivity index is 2.45. The van der Waals surface area contributed by atoms with Crippen LogP contribution in [0.3, 0.4) is 0 Å². The van der Waals surface area contributed by atoms with Gasteiger partial charge in [-0.3, -0.25) is 4.55 Å². The third-order valence-corrected chi connectivity index (χ3v) is 3.16. The molecule has 9 nitrogen and oxygen atoms in total. The van der Waals surface area contributed by atoms with Crippen LogP contribution in [-0.2, 0) is 19.3 Å². The van der Waals surface area contributed by atoms with Gasteiger partial charge in [-0.15, -0.1) is 0 Å². The highest BCUT2D eigenvalue weighted by molar-refractivity contribution is 7.86. The molecule has 0 aliphatic carbocycles. The fourth-order valence-electron chi connectivity index (χ4n) is 1.39. The van der Waals surface area contributed by atoms with Crippen molar-refractivity contribution in [3.63, 3.8) is 0 Å². The summed E-state index contributed by atoms with van der Waals surface area (Å²) >= 11 is 0. The van der Waals surface area contributed by atoms with Crippen molar-refractivity contribution in [3.8, 4) is 5.75 Å². The van der Waals surface area contributed by atoms with E-state index in [2.05, 4.69) is 4.62 Å². The maximum absolute atomic E-state index is 11.1. The van der Waals surface area contributed by atoms with Gasteiger partial charge in [-0.25, -0.2) is 4.57 Å². The normalized spacial score (nSPS) is 19.5. The number of para-hydroxylation sites is 2. The van der Waals surface area contributed by atoms with Crippen LogP contribution in [-0.4, -0.2) is 28.3 Å². The van der Waals surface area contributed by atoms with Crippen LogP contribution in [0.1, 0.15) is 0 Å². The third kappa shape index (κ3) is 2.64. The molecule has 0 saturated heterocycles. The molecule has 0 aromatic heterocycles. The largest absolute Gasteiger partial charge is 0.491 e. The first-order valence-electron chi connectivity index (χ1n) is 4.45. The van der Waals surface area contributed by atoms with Crippen LogP contribution in [0.25, 0.3) is 0 Å². The van der Waals surface area contributed by atoms with Gasteiger partial charge in [-0.1, -0.05) is 12.1 Å². The number of fused-ring (bicyclic) bond motifs is 1. The highest BCUT2D eigenvalue weighted by Crippen LogP contribution is 2.46. The standard InChI is InChI=1S/C7H8NO8PS/c9-17(10,11)16-8-5-3-1-2-4-6(5)15-7(8)18(12,13)14/h1-4,7H,(H2,9,10,11)(H,12,13,14). The van der Waals surface area contributed by atoms with Crippen molar-refractivity contribution >= 4 is 23.6 Å². The van der Waals surface area contributed by atoms with E-state index >= 15 is 0 Å². The van der Waals surface area contributed by atoms with Crippen molar-refractivity contribution in [3.05, 3.63) is 24.3 Å². The molecule has 1 unspecified atom stereocenters. The number of hydrogen-bond acceptors (Lipinski definition) is 6. The number of benzene rings is 1. The molecule has 3 N–H and O–H groups in total. The molecule has 0 amide bonds. The van der Waals surface area contributed by atoms with Gasteiger partial charge < -0.3 is 14.5 Å². The molecule has 1 aliphatic rings. The predicted molar refractivity (Wildman–Crippen MR) is 58.0 cm³/mol. The van der Waals surface area contributed by atoms with E-state index in [-0.39, 0.29) is 11.4 Å². The molecule has 1 heterocycles. The first-order chi connectivity index (χ1) is 8.18. The molecule has 1 aliphatic heterocycles. The van der Waals surface area contributed by atoms with Crippen LogP contribution < -0.4 is 9.80 Å². The lowest BCUT2D eigenvalue weighted by atomic mass is 10.3. The van der Waals surface area contributed by atoms with Crippen molar-refractivity contribution in [1.29, 1.82) is 0 Å². The molecule has 1 aromatic rings. The lowest BCUT2D eigenvalue weighted by Crippen LogP contribution is -2.40. The number of phosphoric acid groups is 1. The van der Waals surface area contributed by atoms with Crippen LogP contribution in [0.5, 0.6) is 5.75 Å². The predicted octanol–water partition coefficient (Wildman–Crippen LogP) is 0.0811. The lowest BCUT2D eigenvalue weighted by Gasteiger charge is -2.21. The highest BCUT2D eigenvalue weighted by atomic mass is 32.2. The molecule has 0 saturated carbocycles. The number of nitrogens with zero attached hydrogens (tertiary/aromatic N) is 1. The Bertz CT molecular complexity index is 610. The van der Waals surface area contributed by atoms with Gasteiger partial charge in [0.1, 0.15) is 11.4 Å². The minimum absolute atomic E-state index is 0.00794. The molecule has 1 atom stereocenters. The number of ether oxygens (including phenoxy) is 1. The van der Waals surface area contributed by atoms with Gasteiger partial charge in [0.15, 0.2) is 0 Å². The van der Waals surface area contributed by atoms with Crippen LogP contribution in [0.2, 0.25) is 0 Å². The van der Waals surface area contributed by atoms with Crippen molar-refractivity contribution in [2.45, 2.75) is 5.56 Å². The molecule has 1 aromatic carbocycles. The zero-order valence-corrected chi connectivity index (χ0v) is 10.3. The second kappa shape index (κ2) is 4.19. The van der Waals surface area contributed by atoms with Crippen LogP contribution in [0.4, 0.5) is 5.69 Å². The molecular weight excluding hydrogens is 289 g/mol. The van der Waals surface area contributed by atoms with E-state index in [4.69, 9.17) is 19.1 Å². The second-order valence-corrected chi connectivity index (χ2v) is 5.88. The van der Waals surface area contributed by atoms with E-state index in [0.29, 0.717) is 5.06 Å². The molecule has 0 radical (unpaired) electrons. The molecule has 18 heavy (non-hydrogen) atoms. The summed E-state index contributed by atoms with van der Waals surface area (Å²) in [5.41, 5.74) is -2.09. The smallest absolute Gasteiger partial charge is 0.450 e. The van der Waals surface area contributed by atoms with E-state index < -0.39 is 23.5 Å². The van der Waals surface area contributed by atoms with E-state index in [1.54, 1.807) is 0 Å². The number of anilines is 1. The van der Waals surface area contributed by atoms with E-state index in [0.717, 1.165) is 0 Å². The third-order valence-electron chi connectivity index (χ3n) is 1.97. The molecule has 2 rings (SSSR count). The molecule has 0 spiro atoms. The SMILES string of the molecule is O=P(O)(O)ON1c2ccccc2OC1S(=O)(=O)O. The zero-order valence-electron chi connectivity index (χ0n) is 8.57. The minimum atomic E-state index is -5.01. The van der Waals surface area contributed by atoms with Gasteiger partial charge in [0, 0.05) is 0 Å². The molecule has 11 heteroatoms. The van der Waals surface area contributed by atoms with Crippen molar-refractivity contribution in [2.75, 3.05) is 5.06 Å². The maximum atomic E-state index is 11.1. The quantitative estimate of drug-likeness (QED) is 0.523. The van der Waals surface area contributed by atoms with E-state index in [1.165, 1.54) is 24.3 Å². The van der Waals surface area contributed by atoms with Crippen molar-refractivity contribution in [2.24, 2.45) is 0 Å². The van der Waals surface area contributed by atoms with Crippen LogP contribution in [0.15, 0.2) is 24.3 Å².